The van der Waals surface area contributed by atoms with Crippen LogP contribution in [0.4, 0.5) is 14.9 Å². The lowest BCUT2D eigenvalue weighted by Crippen LogP contribution is -2.29. The van der Waals surface area contributed by atoms with Gasteiger partial charge in [0.25, 0.3) is 0 Å². The zero-order chi connectivity index (χ0) is 11.4. The summed E-state index contributed by atoms with van der Waals surface area (Å²) in [4.78, 5) is 12.7. The van der Waals surface area contributed by atoms with Gasteiger partial charge in [0.2, 0.25) is 0 Å². The molecule has 2 rings (SSSR count). The normalized spacial score (nSPS) is 15.1. The first-order chi connectivity index (χ1) is 7.75. The zero-order valence-electron chi connectivity index (χ0n) is 8.78. The Balaban J connectivity index is 1.77. The van der Waals surface area contributed by atoms with Crippen molar-refractivity contribution in [2.45, 2.75) is 0 Å². The van der Waals surface area contributed by atoms with E-state index in [1.807, 2.05) is 0 Å². The number of hydrogen-bond acceptors (Lipinski definition) is 3. The Morgan fingerprint density at radius 2 is 2.38 bits per heavy atom. The molecule has 0 spiro atoms. The van der Waals surface area contributed by atoms with E-state index < -0.39 is 0 Å². The highest BCUT2D eigenvalue weighted by atomic mass is 19.1. The second-order valence-electron chi connectivity index (χ2n) is 3.54. The molecule has 1 fully saturated rings. The van der Waals surface area contributed by atoms with Crippen LogP contribution in [0.15, 0.2) is 24.3 Å². The summed E-state index contributed by atoms with van der Waals surface area (Å²) >= 11 is 0. The molecule has 1 aromatic carbocycles. The highest BCUT2D eigenvalue weighted by Gasteiger charge is 2.20. The molecule has 0 unspecified atom stereocenters. The smallest absolute Gasteiger partial charge is 0.409 e. The molecule has 0 saturated carbocycles. The van der Waals surface area contributed by atoms with Crippen molar-refractivity contribution in [3.63, 3.8) is 0 Å². The first kappa shape index (κ1) is 10.7. The Hall–Kier alpha value is -1.78. The average molecular weight is 224 g/mol. The Kier molecular flexibility index (Phi) is 3.24. The highest BCUT2D eigenvalue weighted by molar-refractivity contribution is 5.69. The molecular weight excluding hydrogens is 211 g/mol. The van der Waals surface area contributed by atoms with E-state index >= 15 is 0 Å². The zero-order valence-corrected chi connectivity index (χ0v) is 8.78. The standard InChI is InChI=1S/C11H13FN2O2/c12-9-2-1-3-10(8-9)13-4-5-14-6-7-16-11(14)15/h1-3,8,13H,4-7H2. The topological polar surface area (TPSA) is 41.6 Å². The predicted octanol–water partition coefficient (Wildman–Crippen LogP) is 1.69. The minimum absolute atomic E-state index is 0.273. The van der Waals surface area contributed by atoms with Gasteiger partial charge in [-0.15, -0.1) is 0 Å². The number of benzene rings is 1. The lowest BCUT2D eigenvalue weighted by Gasteiger charge is -2.13. The van der Waals surface area contributed by atoms with Crippen LogP contribution in [-0.2, 0) is 4.74 Å². The Morgan fingerprint density at radius 3 is 3.06 bits per heavy atom. The summed E-state index contributed by atoms with van der Waals surface area (Å²) in [5.41, 5.74) is 0.715. The molecule has 0 atom stereocenters. The molecule has 1 amide bonds. The summed E-state index contributed by atoms with van der Waals surface area (Å²) in [5.74, 6) is -0.273. The maximum atomic E-state index is 12.8. The first-order valence-corrected chi connectivity index (χ1v) is 5.17. The second kappa shape index (κ2) is 4.83. The van der Waals surface area contributed by atoms with Gasteiger partial charge >= 0.3 is 6.09 Å². The predicted molar refractivity (Wildman–Crippen MR) is 57.8 cm³/mol. The molecule has 0 aliphatic carbocycles. The van der Waals surface area contributed by atoms with Gasteiger partial charge in [-0.2, -0.15) is 0 Å². The SMILES string of the molecule is O=C1OCCN1CCNc1cccc(F)c1. The van der Waals surface area contributed by atoms with Crippen molar-refractivity contribution in [2.75, 3.05) is 31.6 Å². The van der Waals surface area contributed by atoms with Crippen molar-refractivity contribution < 1.29 is 13.9 Å². The van der Waals surface area contributed by atoms with E-state index in [1.54, 1.807) is 17.0 Å². The summed E-state index contributed by atoms with van der Waals surface area (Å²) in [6.07, 6.45) is -0.277. The number of ether oxygens (including phenoxy) is 1. The van der Waals surface area contributed by atoms with Crippen LogP contribution in [0.2, 0.25) is 0 Å². The number of nitrogens with one attached hydrogen (secondary N) is 1. The van der Waals surface area contributed by atoms with Crippen molar-refractivity contribution in [3.05, 3.63) is 30.1 Å². The minimum atomic E-state index is -0.277. The van der Waals surface area contributed by atoms with Gasteiger partial charge < -0.3 is 15.0 Å². The van der Waals surface area contributed by atoms with Gasteiger partial charge in [0, 0.05) is 18.8 Å². The van der Waals surface area contributed by atoms with Gasteiger partial charge in [-0.25, -0.2) is 9.18 Å². The van der Waals surface area contributed by atoms with E-state index in [2.05, 4.69) is 5.32 Å². The average Bonchev–Trinajstić information content (AvgIpc) is 2.65. The number of halogens is 1. The number of rotatable bonds is 4. The van der Waals surface area contributed by atoms with Crippen LogP contribution < -0.4 is 5.32 Å². The third-order valence-corrected chi connectivity index (χ3v) is 2.38. The van der Waals surface area contributed by atoms with E-state index in [4.69, 9.17) is 4.74 Å². The fourth-order valence-electron chi connectivity index (χ4n) is 1.56. The van der Waals surface area contributed by atoms with Gasteiger partial charge in [-0.1, -0.05) is 6.07 Å². The number of carbonyl (C=O) groups excluding carboxylic acids is 1. The quantitative estimate of drug-likeness (QED) is 0.846. The van der Waals surface area contributed by atoms with Crippen molar-refractivity contribution in [2.24, 2.45) is 0 Å². The van der Waals surface area contributed by atoms with E-state index in [9.17, 15) is 9.18 Å². The molecule has 86 valence electrons. The number of cyclic esters (lactones) is 1. The highest BCUT2D eigenvalue weighted by Crippen LogP contribution is 2.09. The van der Waals surface area contributed by atoms with Gasteiger partial charge in [0.15, 0.2) is 0 Å². The van der Waals surface area contributed by atoms with E-state index in [1.165, 1.54) is 12.1 Å². The van der Waals surface area contributed by atoms with E-state index in [-0.39, 0.29) is 11.9 Å². The third kappa shape index (κ3) is 2.62. The van der Waals surface area contributed by atoms with Gasteiger partial charge in [0.1, 0.15) is 12.4 Å². The second-order valence-corrected chi connectivity index (χ2v) is 3.54. The van der Waals surface area contributed by atoms with Crippen LogP contribution in [0.1, 0.15) is 0 Å². The molecule has 1 aromatic rings. The number of amides is 1. The Morgan fingerprint density at radius 1 is 1.50 bits per heavy atom. The fraction of sp³-hybridized carbons (Fsp3) is 0.364. The third-order valence-electron chi connectivity index (χ3n) is 2.38. The van der Waals surface area contributed by atoms with Crippen LogP contribution in [0.25, 0.3) is 0 Å². The van der Waals surface area contributed by atoms with Gasteiger partial charge in [0.05, 0.1) is 6.54 Å². The summed E-state index contributed by atoms with van der Waals surface area (Å²) in [6.45, 7) is 2.23. The molecule has 1 N–H and O–H groups in total. The molecule has 16 heavy (non-hydrogen) atoms. The number of anilines is 1. The lowest BCUT2D eigenvalue weighted by atomic mass is 10.3. The maximum absolute atomic E-state index is 12.8. The molecule has 0 aromatic heterocycles. The summed E-state index contributed by atoms with van der Waals surface area (Å²) < 4.78 is 17.6. The number of carbonyl (C=O) groups is 1. The molecule has 4 nitrogen and oxygen atoms in total. The molecule has 5 heteroatoms. The summed E-state index contributed by atoms with van der Waals surface area (Å²) in [7, 11) is 0. The van der Waals surface area contributed by atoms with Crippen LogP contribution >= 0.6 is 0 Å². The van der Waals surface area contributed by atoms with Crippen molar-refractivity contribution >= 4 is 11.8 Å². The van der Waals surface area contributed by atoms with Gasteiger partial charge in [-0.05, 0) is 18.2 Å². The number of nitrogens with zero attached hydrogens (tertiary/aromatic N) is 1. The van der Waals surface area contributed by atoms with Crippen LogP contribution in [0.5, 0.6) is 0 Å². The van der Waals surface area contributed by atoms with E-state index in [0.717, 1.165) is 0 Å². The van der Waals surface area contributed by atoms with Crippen molar-refractivity contribution in [1.82, 2.24) is 4.90 Å². The van der Waals surface area contributed by atoms with Crippen LogP contribution in [0.3, 0.4) is 0 Å². The molecule has 1 saturated heterocycles. The Bertz CT molecular complexity index is 384. The molecule has 0 bridgehead atoms. The molecular formula is C11H13FN2O2. The fourth-order valence-corrected chi connectivity index (χ4v) is 1.56. The summed E-state index contributed by atoms with van der Waals surface area (Å²) in [5, 5.41) is 3.04. The summed E-state index contributed by atoms with van der Waals surface area (Å²) in [6, 6.07) is 6.23. The Labute approximate surface area is 93.0 Å². The first-order valence-electron chi connectivity index (χ1n) is 5.17. The largest absolute Gasteiger partial charge is 0.448 e. The molecule has 1 heterocycles. The lowest BCUT2D eigenvalue weighted by molar-refractivity contribution is 0.159. The van der Waals surface area contributed by atoms with Crippen molar-refractivity contribution in [1.29, 1.82) is 0 Å². The molecule has 1 aliphatic rings. The number of hydrogen-bond donors (Lipinski definition) is 1. The van der Waals surface area contributed by atoms with Crippen LogP contribution in [-0.4, -0.2) is 37.2 Å². The molecule has 0 radical (unpaired) electrons. The minimum Gasteiger partial charge on any atom is -0.448 e. The monoisotopic (exact) mass is 224 g/mol. The van der Waals surface area contributed by atoms with Crippen LogP contribution in [0, 0.1) is 5.82 Å². The van der Waals surface area contributed by atoms with Crippen molar-refractivity contribution in [3.8, 4) is 0 Å². The van der Waals surface area contributed by atoms with E-state index in [0.29, 0.717) is 31.9 Å². The molecule has 1 aliphatic heterocycles. The van der Waals surface area contributed by atoms with Gasteiger partial charge in [-0.3, -0.25) is 0 Å². The maximum Gasteiger partial charge on any atom is 0.409 e.